The summed E-state index contributed by atoms with van der Waals surface area (Å²) < 4.78 is 16.8. The Morgan fingerprint density at radius 3 is 0.884 bits per heavy atom. The molecule has 0 bridgehead atoms. The molecule has 0 aromatic heterocycles. The Kier molecular flexibility index (Phi) is 54.8. The van der Waals surface area contributed by atoms with Crippen molar-refractivity contribution in [1.29, 1.82) is 0 Å². The second-order valence-electron chi connectivity index (χ2n) is 19.5. The van der Waals surface area contributed by atoms with Crippen LogP contribution >= 0.6 is 0 Å². The first-order valence-electron chi connectivity index (χ1n) is 29.4. The lowest BCUT2D eigenvalue weighted by molar-refractivity contribution is -0.167. The van der Waals surface area contributed by atoms with Crippen LogP contribution in [0, 0.1) is 0 Å². The predicted octanol–water partition coefficient (Wildman–Crippen LogP) is 19.8. The van der Waals surface area contributed by atoms with Gasteiger partial charge in [-0.2, -0.15) is 0 Å². The summed E-state index contributed by atoms with van der Waals surface area (Å²) in [6.07, 6.45) is 73.2. The number of carbonyl (C=O) groups excluding carboxylic acids is 3. The number of esters is 3. The first-order valence-corrected chi connectivity index (χ1v) is 29.4. The Bertz CT molecular complexity index is 1290. The number of unbranched alkanes of at least 4 members (excludes halogenated alkanes) is 30. The summed E-state index contributed by atoms with van der Waals surface area (Å²) in [4.78, 5) is 38.2. The fourth-order valence-corrected chi connectivity index (χ4v) is 8.18. The van der Waals surface area contributed by atoms with Crippen LogP contribution in [0.25, 0.3) is 0 Å². The van der Waals surface area contributed by atoms with E-state index in [0.717, 1.165) is 77.0 Å². The molecule has 0 heterocycles. The molecule has 0 aromatic carbocycles. The molecule has 0 saturated carbocycles. The SMILES string of the molecule is CCCCC/C=C\C/C=C\C/C=C\CCCCC(=O)O[C@H](COC(=O)CCCCCCCCC/C=C\C/C=C\CCCCC)COC(=O)CCCCCCCCCCC/C=C\CCCCCCCC. The number of hydrogen-bond acceptors (Lipinski definition) is 6. The average molecular weight is 964 g/mol. The van der Waals surface area contributed by atoms with Gasteiger partial charge < -0.3 is 14.2 Å². The van der Waals surface area contributed by atoms with Gasteiger partial charge >= 0.3 is 17.9 Å². The van der Waals surface area contributed by atoms with E-state index in [0.29, 0.717) is 19.3 Å². The molecule has 0 unspecified atom stereocenters. The van der Waals surface area contributed by atoms with Gasteiger partial charge in [-0.1, -0.05) is 229 Å². The highest BCUT2D eigenvalue weighted by molar-refractivity contribution is 5.71. The summed E-state index contributed by atoms with van der Waals surface area (Å²) in [5, 5.41) is 0. The highest BCUT2D eigenvalue weighted by Crippen LogP contribution is 2.15. The number of ether oxygens (including phenoxy) is 3. The summed E-state index contributed by atoms with van der Waals surface area (Å²) in [5.41, 5.74) is 0. The van der Waals surface area contributed by atoms with Crippen molar-refractivity contribution in [1.82, 2.24) is 0 Å². The number of carbonyl (C=O) groups is 3. The van der Waals surface area contributed by atoms with Crippen molar-refractivity contribution in [3.63, 3.8) is 0 Å². The Balaban J connectivity index is 4.42. The zero-order valence-electron chi connectivity index (χ0n) is 45.6. The van der Waals surface area contributed by atoms with Crippen LogP contribution in [0.5, 0.6) is 0 Å². The minimum Gasteiger partial charge on any atom is -0.462 e. The van der Waals surface area contributed by atoms with Crippen molar-refractivity contribution in [3.05, 3.63) is 72.9 Å². The molecule has 0 spiro atoms. The van der Waals surface area contributed by atoms with Crippen LogP contribution in [-0.4, -0.2) is 37.2 Å². The summed E-state index contributed by atoms with van der Waals surface area (Å²) >= 11 is 0. The second-order valence-corrected chi connectivity index (χ2v) is 19.5. The number of hydrogen-bond donors (Lipinski definition) is 0. The van der Waals surface area contributed by atoms with Gasteiger partial charge in [0.1, 0.15) is 13.2 Å². The van der Waals surface area contributed by atoms with Gasteiger partial charge in [-0.15, -0.1) is 0 Å². The molecule has 0 saturated heterocycles. The van der Waals surface area contributed by atoms with E-state index in [1.807, 2.05) is 0 Å². The van der Waals surface area contributed by atoms with Gasteiger partial charge in [0.25, 0.3) is 0 Å². The van der Waals surface area contributed by atoms with E-state index in [2.05, 4.69) is 93.7 Å². The quantitative estimate of drug-likeness (QED) is 0.0262. The van der Waals surface area contributed by atoms with Gasteiger partial charge in [-0.05, 0) is 116 Å². The number of allylic oxidation sites excluding steroid dienone is 12. The molecule has 6 nitrogen and oxygen atoms in total. The zero-order valence-corrected chi connectivity index (χ0v) is 45.6. The van der Waals surface area contributed by atoms with Crippen LogP contribution in [-0.2, 0) is 28.6 Å². The maximum absolute atomic E-state index is 12.8. The van der Waals surface area contributed by atoms with Crippen LogP contribution in [0.1, 0.15) is 290 Å². The fourth-order valence-electron chi connectivity index (χ4n) is 8.18. The minimum atomic E-state index is -0.800. The molecule has 398 valence electrons. The van der Waals surface area contributed by atoms with E-state index in [4.69, 9.17) is 14.2 Å². The second kappa shape index (κ2) is 57.4. The molecule has 0 fully saturated rings. The van der Waals surface area contributed by atoms with E-state index < -0.39 is 6.10 Å². The standard InChI is InChI=1S/C63H110O6/c1-4-7-10-13-16-19-22-25-28-30-31-33-36-38-41-44-47-50-53-56-62(65)68-59-60(69-63(66)57-54-51-48-45-42-39-34-27-24-21-18-15-12-9-6-3)58-67-61(64)55-52-49-46-43-40-37-35-32-29-26-23-20-17-14-11-8-5-2/h17-18,20-21,25-29,34,42,45,60H,4-16,19,22-24,30-33,35-41,43-44,46-59H2,1-3H3/b20-17-,21-18-,28-25-,29-26-,34-27-,45-42-/t60-/m1/s1. The van der Waals surface area contributed by atoms with Crippen molar-refractivity contribution in [2.75, 3.05) is 13.2 Å². The topological polar surface area (TPSA) is 78.9 Å². The summed E-state index contributed by atoms with van der Waals surface area (Å²) in [6.45, 7) is 6.56. The molecule has 0 radical (unpaired) electrons. The first-order chi connectivity index (χ1) is 34.0. The highest BCUT2D eigenvalue weighted by Gasteiger charge is 2.19. The molecule has 0 aromatic rings. The van der Waals surface area contributed by atoms with Gasteiger partial charge in [-0.3, -0.25) is 14.4 Å². The molecule has 6 heteroatoms. The molecule has 0 aliphatic heterocycles. The van der Waals surface area contributed by atoms with Gasteiger partial charge in [0, 0.05) is 19.3 Å². The average Bonchev–Trinajstić information content (AvgIpc) is 3.35. The van der Waals surface area contributed by atoms with Crippen LogP contribution in [0.4, 0.5) is 0 Å². The van der Waals surface area contributed by atoms with Gasteiger partial charge in [0.05, 0.1) is 0 Å². The molecular weight excluding hydrogens is 853 g/mol. The van der Waals surface area contributed by atoms with Crippen LogP contribution in [0.15, 0.2) is 72.9 Å². The van der Waals surface area contributed by atoms with Gasteiger partial charge in [0.2, 0.25) is 0 Å². The van der Waals surface area contributed by atoms with E-state index in [1.54, 1.807) is 0 Å². The van der Waals surface area contributed by atoms with Crippen LogP contribution in [0.3, 0.4) is 0 Å². The number of rotatable bonds is 53. The van der Waals surface area contributed by atoms with Crippen LogP contribution in [0.2, 0.25) is 0 Å². The Morgan fingerprint density at radius 1 is 0.290 bits per heavy atom. The van der Waals surface area contributed by atoms with E-state index in [9.17, 15) is 14.4 Å². The lowest BCUT2D eigenvalue weighted by Crippen LogP contribution is -2.30. The Hall–Kier alpha value is -3.15. The van der Waals surface area contributed by atoms with Gasteiger partial charge in [-0.25, -0.2) is 0 Å². The molecule has 69 heavy (non-hydrogen) atoms. The highest BCUT2D eigenvalue weighted by atomic mass is 16.6. The van der Waals surface area contributed by atoms with Crippen molar-refractivity contribution in [3.8, 4) is 0 Å². The van der Waals surface area contributed by atoms with Crippen molar-refractivity contribution in [2.45, 2.75) is 297 Å². The molecule has 0 amide bonds. The summed E-state index contributed by atoms with van der Waals surface area (Å²) in [6, 6.07) is 0. The third-order valence-corrected chi connectivity index (χ3v) is 12.7. The third-order valence-electron chi connectivity index (χ3n) is 12.7. The summed E-state index contributed by atoms with van der Waals surface area (Å²) in [5.74, 6) is -0.934. The van der Waals surface area contributed by atoms with E-state index >= 15 is 0 Å². The molecule has 0 aliphatic rings. The maximum Gasteiger partial charge on any atom is 0.306 e. The maximum atomic E-state index is 12.8. The fraction of sp³-hybridized carbons (Fsp3) is 0.762. The lowest BCUT2D eigenvalue weighted by atomic mass is 10.1. The monoisotopic (exact) mass is 963 g/mol. The molecule has 0 rings (SSSR count). The Morgan fingerprint density at radius 2 is 0.522 bits per heavy atom. The van der Waals surface area contributed by atoms with Crippen molar-refractivity contribution < 1.29 is 28.6 Å². The molecule has 1 atom stereocenters. The minimum absolute atomic E-state index is 0.0936. The normalized spacial score (nSPS) is 12.6. The predicted molar refractivity (Wildman–Crippen MR) is 298 cm³/mol. The lowest BCUT2D eigenvalue weighted by Gasteiger charge is -2.18. The third kappa shape index (κ3) is 55.6. The molecule has 0 N–H and O–H groups in total. The summed E-state index contributed by atoms with van der Waals surface area (Å²) in [7, 11) is 0. The smallest absolute Gasteiger partial charge is 0.306 e. The van der Waals surface area contributed by atoms with Crippen LogP contribution < -0.4 is 0 Å². The zero-order chi connectivity index (χ0) is 50.0. The van der Waals surface area contributed by atoms with Gasteiger partial charge in [0.15, 0.2) is 6.10 Å². The largest absolute Gasteiger partial charge is 0.462 e. The molecular formula is C63H110O6. The first kappa shape index (κ1) is 65.8. The van der Waals surface area contributed by atoms with Crippen molar-refractivity contribution >= 4 is 17.9 Å². The van der Waals surface area contributed by atoms with Crippen molar-refractivity contribution in [2.24, 2.45) is 0 Å². The van der Waals surface area contributed by atoms with E-state index in [1.165, 1.54) is 167 Å². The Labute approximate surface area is 427 Å². The molecule has 0 aliphatic carbocycles. The van der Waals surface area contributed by atoms with E-state index in [-0.39, 0.29) is 37.5 Å².